The molecule has 1 rings (SSSR count). The summed E-state index contributed by atoms with van der Waals surface area (Å²) in [6.07, 6.45) is 3.19. The highest BCUT2D eigenvalue weighted by Gasteiger charge is 2.03. The summed E-state index contributed by atoms with van der Waals surface area (Å²) in [5.74, 6) is 0.909. The largest absolute Gasteiger partial charge is 0.497 e. The molecule has 0 amide bonds. The SMILES string of the molecule is COc1ccc(Br)c(CCCC(C)Cl)c1. The van der Waals surface area contributed by atoms with E-state index in [9.17, 15) is 0 Å². The van der Waals surface area contributed by atoms with Gasteiger partial charge in [-0.25, -0.2) is 0 Å². The van der Waals surface area contributed by atoms with Gasteiger partial charge in [0.2, 0.25) is 0 Å². The molecule has 0 aliphatic rings. The summed E-state index contributed by atoms with van der Waals surface area (Å²) in [7, 11) is 1.69. The fourth-order valence-corrected chi connectivity index (χ4v) is 2.04. The number of ether oxygens (including phenoxy) is 1. The third-order valence-corrected chi connectivity index (χ3v) is 3.29. The van der Waals surface area contributed by atoms with Crippen LogP contribution in [0.1, 0.15) is 25.3 Å². The quantitative estimate of drug-likeness (QED) is 0.730. The first kappa shape index (κ1) is 12.9. The van der Waals surface area contributed by atoms with Crippen molar-refractivity contribution >= 4 is 27.5 Å². The maximum atomic E-state index is 5.91. The molecule has 0 aliphatic heterocycles. The Morgan fingerprint density at radius 1 is 1.47 bits per heavy atom. The lowest BCUT2D eigenvalue weighted by Crippen LogP contribution is -1.94. The molecule has 3 heteroatoms. The molecule has 0 saturated carbocycles. The van der Waals surface area contributed by atoms with E-state index in [0.29, 0.717) is 0 Å². The van der Waals surface area contributed by atoms with Gasteiger partial charge in [0.25, 0.3) is 0 Å². The van der Waals surface area contributed by atoms with Crippen LogP contribution in [0.4, 0.5) is 0 Å². The molecule has 15 heavy (non-hydrogen) atoms. The van der Waals surface area contributed by atoms with Gasteiger partial charge in [-0.1, -0.05) is 15.9 Å². The first-order valence-electron chi connectivity index (χ1n) is 5.10. The van der Waals surface area contributed by atoms with Crippen molar-refractivity contribution in [2.45, 2.75) is 31.6 Å². The molecule has 0 N–H and O–H groups in total. The van der Waals surface area contributed by atoms with Crippen LogP contribution in [0.25, 0.3) is 0 Å². The normalized spacial score (nSPS) is 12.5. The van der Waals surface area contributed by atoms with Crippen molar-refractivity contribution < 1.29 is 4.74 Å². The van der Waals surface area contributed by atoms with Crippen molar-refractivity contribution in [3.8, 4) is 5.75 Å². The van der Waals surface area contributed by atoms with Crippen LogP contribution in [-0.4, -0.2) is 12.5 Å². The summed E-state index contributed by atoms with van der Waals surface area (Å²) in [5.41, 5.74) is 1.28. The predicted octanol–water partition coefficient (Wildman–Crippen LogP) is 4.41. The third-order valence-electron chi connectivity index (χ3n) is 2.30. The Morgan fingerprint density at radius 3 is 2.80 bits per heavy atom. The van der Waals surface area contributed by atoms with E-state index in [4.69, 9.17) is 16.3 Å². The molecule has 1 atom stereocenters. The smallest absolute Gasteiger partial charge is 0.119 e. The average Bonchev–Trinajstić information content (AvgIpc) is 2.20. The van der Waals surface area contributed by atoms with Gasteiger partial charge in [0.15, 0.2) is 0 Å². The summed E-state index contributed by atoms with van der Waals surface area (Å²) in [6, 6.07) is 6.05. The Kier molecular flexibility index (Phi) is 5.48. The Morgan fingerprint density at radius 2 is 2.20 bits per heavy atom. The fourth-order valence-electron chi connectivity index (χ4n) is 1.44. The van der Waals surface area contributed by atoms with Crippen LogP contribution >= 0.6 is 27.5 Å². The highest BCUT2D eigenvalue weighted by atomic mass is 79.9. The van der Waals surface area contributed by atoms with Crippen LogP contribution < -0.4 is 4.74 Å². The number of halogens is 2. The molecule has 0 radical (unpaired) electrons. The number of alkyl halides is 1. The zero-order chi connectivity index (χ0) is 11.3. The second-order valence-electron chi connectivity index (χ2n) is 3.63. The summed E-state index contributed by atoms with van der Waals surface area (Å²) >= 11 is 9.44. The second kappa shape index (κ2) is 6.39. The molecule has 1 nitrogen and oxygen atoms in total. The molecular formula is C12H16BrClO. The maximum absolute atomic E-state index is 5.91. The van der Waals surface area contributed by atoms with Crippen LogP contribution in [0.5, 0.6) is 5.75 Å². The van der Waals surface area contributed by atoms with Gasteiger partial charge < -0.3 is 4.74 Å². The molecule has 0 heterocycles. The number of aryl methyl sites for hydroxylation is 1. The van der Waals surface area contributed by atoms with Gasteiger partial charge in [0.1, 0.15) is 5.75 Å². The fraction of sp³-hybridized carbons (Fsp3) is 0.500. The standard InChI is InChI=1S/C12H16BrClO/c1-9(14)4-3-5-10-8-11(15-2)6-7-12(10)13/h6-9H,3-5H2,1-2H3. The zero-order valence-corrected chi connectivity index (χ0v) is 11.4. The molecular weight excluding hydrogens is 275 g/mol. The number of rotatable bonds is 5. The summed E-state index contributed by atoms with van der Waals surface area (Å²) < 4.78 is 6.33. The molecule has 0 saturated heterocycles. The lowest BCUT2D eigenvalue weighted by atomic mass is 10.1. The lowest BCUT2D eigenvalue weighted by molar-refractivity contribution is 0.414. The van der Waals surface area contributed by atoms with Gasteiger partial charge in [-0.2, -0.15) is 0 Å². The van der Waals surface area contributed by atoms with E-state index < -0.39 is 0 Å². The summed E-state index contributed by atoms with van der Waals surface area (Å²) in [6.45, 7) is 2.03. The molecule has 84 valence electrons. The van der Waals surface area contributed by atoms with Crippen molar-refractivity contribution in [2.75, 3.05) is 7.11 Å². The highest BCUT2D eigenvalue weighted by molar-refractivity contribution is 9.10. The van der Waals surface area contributed by atoms with Crippen molar-refractivity contribution in [1.82, 2.24) is 0 Å². The van der Waals surface area contributed by atoms with Crippen molar-refractivity contribution in [1.29, 1.82) is 0 Å². The lowest BCUT2D eigenvalue weighted by Gasteiger charge is -2.07. The van der Waals surface area contributed by atoms with Crippen molar-refractivity contribution in [3.63, 3.8) is 0 Å². The van der Waals surface area contributed by atoms with Crippen LogP contribution in [-0.2, 0) is 6.42 Å². The second-order valence-corrected chi connectivity index (χ2v) is 5.23. The third kappa shape index (κ3) is 4.43. The molecule has 0 fully saturated rings. The first-order valence-corrected chi connectivity index (χ1v) is 6.33. The zero-order valence-electron chi connectivity index (χ0n) is 9.09. The molecule has 1 unspecified atom stereocenters. The van der Waals surface area contributed by atoms with E-state index in [0.717, 1.165) is 29.5 Å². The minimum atomic E-state index is 0.259. The maximum Gasteiger partial charge on any atom is 0.119 e. The van der Waals surface area contributed by atoms with Gasteiger partial charge in [0.05, 0.1) is 7.11 Å². The predicted molar refractivity (Wildman–Crippen MR) is 68.9 cm³/mol. The molecule has 1 aromatic carbocycles. The number of benzene rings is 1. The Hall–Kier alpha value is -0.210. The Bertz CT molecular complexity index is 312. The number of hydrogen-bond donors (Lipinski definition) is 0. The van der Waals surface area contributed by atoms with Gasteiger partial charge in [-0.3, -0.25) is 0 Å². The Labute approximate surface area is 105 Å². The highest BCUT2D eigenvalue weighted by Crippen LogP contribution is 2.24. The minimum absolute atomic E-state index is 0.259. The van der Waals surface area contributed by atoms with E-state index in [-0.39, 0.29) is 5.38 Å². The van der Waals surface area contributed by atoms with E-state index in [2.05, 4.69) is 22.0 Å². The van der Waals surface area contributed by atoms with Crippen LogP contribution in [0.2, 0.25) is 0 Å². The van der Waals surface area contributed by atoms with Crippen LogP contribution in [0.3, 0.4) is 0 Å². The summed E-state index contributed by atoms with van der Waals surface area (Å²) in [4.78, 5) is 0. The molecule has 0 spiro atoms. The van der Waals surface area contributed by atoms with E-state index >= 15 is 0 Å². The average molecular weight is 292 g/mol. The van der Waals surface area contributed by atoms with Gasteiger partial charge in [-0.05, 0) is 49.9 Å². The van der Waals surface area contributed by atoms with Crippen molar-refractivity contribution in [2.24, 2.45) is 0 Å². The topological polar surface area (TPSA) is 9.23 Å². The molecule has 0 aliphatic carbocycles. The van der Waals surface area contributed by atoms with Crippen LogP contribution in [0, 0.1) is 0 Å². The Balaban J connectivity index is 2.59. The molecule has 0 bridgehead atoms. The molecule has 1 aromatic rings. The summed E-state index contributed by atoms with van der Waals surface area (Å²) in [5, 5.41) is 0.259. The van der Waals surface area contributed by atoms with Gasteiger partial charge in [0, 0.05) is 9.85 Å². The van der Waals surface area contributed by atoms with Crippen LogP contribution in [0.15, 0.2) is 22.7 Å². The first-order chi connectivity index (χ1) is 7.13. The number of methoxy groups -OCH3 is 1. The van der Waals surface area contributed by atoms with E-state index in [1.54, 1.807) is 7.11 Å². The van der Waals surface area contributed by atoms with E-state index in [1.165, 1.54) is 5.56 Å². The van der Waals surface area contributed by atoms with E-state index in [1.807, 2.05) is 19.1 Å². The monoisotopic (exact) mass is 290 g/mol. The van der Waals surface area contributed by atoms with Gasteiger partial charge in [-0.15, -0.1) is 11.6 Å². The van der Waals surface area contributed by atoms with Crippen molar-refractivity contribution in [3.05, 3.63) is 28.2 Å². The van der Waals surface area contributed by atoms with Gasteiger partial charge >= 0.3 is 0 Å². The number of hydrogen-bond acceptors (Lipinski definition) is 1. The minimum Gasteiger partial charge on any atom is -0.497 e. The molecule has 0 aromatic heterocycles.